The summed E-state index contributed by atoms with van der Waals surface area (Å²) in [6.45, 7) is 3.47. The number of halogens is 2. The zero-order chi connectivity index (χ0) is 13.7. The van der Waals surface area contributed by atoms with Gasteiger partial charge in [0.15, 0.2) is 0 Å². The summed E-state index contributed by atoms with van der Waals surface area (Å²) in [6.07, 6.45) is 0. The van der Waals surface area contributed by atoms with Gasteiger partial charge in [0, 0.05) is 10.6 Å². The average Bonchev–Trinajstić information content (AvgIpc) is 2.16. The molecule has 0 radical (unpaired) electrons. The van der Waals surface area contributed by atoms with Crippen molar-refractivity contribution in [1.29, 1.82) is 0 Å². The highest BCUT2D eigenvalue weighted by Gasteiger charge is 2.12. The van der Waals surface area contributed by atoms with Crippen LogP contribution in [0.5, 0.6) is 0 Å². The average molecular weight is 247 g/mol. The van der Waals surface area contributed by atoms with Crippen molar-refractivity contribution in [2.75, 3.05) is 0 Å². The topological polar surface area (TPSA) is 136 Å². The molecule has 0 unspecified atom stereocenters. The van der Waals surface area contributed by atoms with Crippen LogP contribution in [0.1, 0.15) is 13.8 Å². The van der Waals surface area contributed by atoms with Crippen molar-refractivity contribution >= 4 is 19.3 Å². The first-order valence-corrected chi connectivity index (χ1v) is 3.65. The van der Waals surface area contributed by atoms with Gasteiger partial charge in [0.05, 0.1) is 0 Å². The molecule has 0 aliphatic carbocycles. The van der Waals surface area contributed by atoms with E-state index in [0.29, 0.717) is 0 Å². The van der Waals surface area contributed by atoms with Crippen LogP contribution in [0.25, 0.3) is 0 Å². The highest BCUT2D eigenvalue weighted by Crippen LogP contribution is 1.74. The molecule has 8 nitrogen and oxygen atoms in total. The van der Waals surface area contributed by atoms with Crippen LogP contribution in [-0.2, 0) is 14.5 Å². The first-order chi connectivity index (χ1) is 7.18. The molecule has 0 aromatic rings. The molecule has 16 heavy (non-hydrogen) atoms. The number of carbonyl (C=O) groups is 2. The van der Waals surface area contributed by atoms with Crippen molar-refractivity contribution < 1.29 is 43.7 Å². The van der Waals surface area contributed by atoms with Gasteiger partial charge in [-0.15, -0.1) is 4.48 Å². The maximum Gasteiger partial charge on any atom is 0.631 e. The summed E-state index contributed by atoms with van der Waals surface area (Å²) in [7, 11) is -2.17. The van der Waals surface area contributed by atoms with Crippen LogP contribution < -0.4 is 5.54 Å². The van der Waals surface area contributed by atoms with E-state index in [1.165, 1.54) is 5.54 Å². The number of carbonyl (C=O) groups excluding carboxylic acids is 1. The molecule has 0 heterocycles. The fourth-order valence-electron chi connectivity index (χ4n) is 0.0330. The smallest absolute Gasteiger partial charge is 0.473 e. The number of hydrogen-bond donors (Lipinski definition) is 5. The summed E-state index contributed by atoms with van der Waals surface area (Å²) in [5, 5.41) is 29.0. The largest absolute Gasteiger partial charge is 0.631 e. The van der Waals surface area contributed by atoms with Gasteiger partial charge >= 0.3 is 19.3 Å². The molecule has 0 aromatic heterocycles. The molecule has 0 aromatic carbocycles. The molecule has 0 aliphatic rings. The second-order valence-electron chi connectivity index (χ2n) is 2.28. The van der Waals surface area contributed by atoms with E-state index >= 15 is 0 Å². The Balaban J connectivity index is -0.000000166. The van der Waals surface area contributed by atoms with Crippen molar-refractivity contribution in [3.05, 3.63) is 0 Å². The van der Waals surface area contributed by atoms with Gasteiger partial charge in [-0.3, -0.25) is 0 Å². The van der Waals surface area contributed by atoms with E-state index in [1.807, 2.05) is 0 Å². The number of carboxylic acid groups (broad SMARTS) is 1. The highest BCUT2D eigenvalue weighted by molar-refractivity contribution is 6.30. The lowest BCUT2D eigenvalue weighted by molar-refractivity contribution is -0.192. The Morgan fingerprint density at radius 1 is 1.31 bits per heavy atom. The third-order valence-electron chi connectivity index (χ3n) is 0.463. The molecule has 0 fully saturated rings. The zero-order valence-corrected chi connectivity index (χ0v) is 8.42. The van der Waals surface area contributed by atoms with E-state index in [2.05, 4.69) is 4.94 Å². The maximum atomic E-state index is 10.9. The number of nitrogens with one attached hydrogen (secondary N) is 1. The number of aliphatic carboxylic acids is 1. The van der Waals surface area contributed by atoms with Crippen molar-refractivity contribution in [2.24, 2.45) is 0 Å². The molecule has 0 spiro atoms. The van der Waals surface area contributed by atoms with Crippen LogP contribution in [-0.4, -0.2) is 45.5 Å². The molecule has 0 saturated heterocycles. The van der Waals surface area contributed by atoms with Crippen LogP contribution in [0.3, 0.4) is 0 Å². The minimum atomic E-state index is -2.17. The minimum Gasteiger partial charge on any atom is -0.473 e. The van der Waals surface area contributed by atoms with Gasteiger partial charge in [-0.2, -0.15) is 5.54 Å². The predicted octanol–water partition coefficient (Wildman–Crippen LogP) is -1.68. The Bertz CT molecular complexity index is 189. The van der Waals surface area contributed by atoms with Crippen LogP contribution >= 0.6 is 0 Å². The SMILES string of the molecule is CC(C)NF.O=C(O)C(=O)OF.OB(O)O. The Morgan fingerprint density at radius 2 is 1.56 bits per heavy atom. The minimum absolute atomic E-state index is 0.0324. The van der Waals surface area contributed by atoms with Crippen LogP contribution in [0.4, 0.5) is 9.01 Å². The van der Waals surface area contributed by atoms with Crippen LogP contribution in [0.2, 0.25) is 0 Å². The van der Waals surface area contributed by atoms with E-state index in [0.717, 1.165) is 0 Å². The zero-order valence-electron chi connectivity index (χ0n) is 8.42. The summed E-state index contributed by atoms with van der Waals surface area (Å²) in [6, 6.07) is -0.0324. The molecule has 96 valence electrons. The summed E-state index contributed by atoms with van der Waals surface area (Å²) in [5.74, 6) is -3.84. The number of carboxylic acids is 1. The first kappa shape index (κ1) is 20.2. The lowest BCUT2D eigenvalue weighted by Gasteiger charge is -1.90. The second-order valence-corrected chi connectivity index (χ2v) is 2.28. The maximum absolute atomic E-state index is 10.9. The molecular weight excluding hydrogens is 235 g/mol. The van der Waals surface area contributed by atoms with E-state index in [9.17, 15) is 18.6 Å². The molecule has 0 rings (SSSR count). The Morgan fingerprint density at radius 3 is 1.56 bits per heavy atom. The molecule has 0 atom stereocenters. The van der Waals surface area contributed by atoms with E-state index in [-0.39, 0.29) is 6.04 Å². The van der Waals surface area contributed by atoms with Gasteiger partial charge < -0.3 is 20.2 Å². The number of hydrogen-bond acceptors (Lipinski definition) is 7. The van der Waals surface area contributed by atoms with E-state index < -0.39 is 19.3 Å². The molecular formula is C5H12BF2NO7. The third kappa shape index (κ3) is 38.7. The van der Waals surface area contributed by atoms with Gasteiger partial charge in [-0.1, -0.05) is 0 Å². The van der Waals surface area contributed by atoms with Gasteiger partial charge in [-0.05, 0) is 13.8 Å². The van der Waals surface area contributed by atoms with Gasteiger partial charge in [0.25, 0.3) is 0 Å². The third-order valence-corrected chi connectivity index (χ3v) is 0.463. The van der Waals surface area contributed by atoms with Crippen LogP contribution in [0, 0.1) is 0 Å². The van der Waals surface area contributed by atoms with E-state index in [4.69, 9.17) is 20.2 Å². The standard InChI is InChI=1S/C3H8FN.C2HFO4.BH3O3/c1-3(2)5-4;3-7-2(6)1(4)5;2-1(3)4/h3,5H,1-2H3;(H,4,5);2-4H. The summed E-state index contributed by atoms with van der Waals surface area (Å²) in [4.78, 5) is 20.8. The van der Waals surface area contributed by atoms with Crippen molar-refractivity contribution in [2.45, 2.75) is 19.9 Å². The molecule has 0 bridgehead atoms. The van der Waals surface area contributed by atoms with Gasteiger partial charge in [-0.25, -0.2) is 14.5 Å². The normalized spacial score (nSPS) is 8.00. The Kier molecular flexibility index (Phi) is 17.3. The number of rotatable bonds is 1. The first-order valence-electron chi connectivity index (χ1n) is 3.65. The van der Waals surface area contributed by atoms with Gasteiger partial charge in [0.2, 0.25) is 0 Å². The summed E-state index contributed by atoms with van der Waals surface area (Å²) < 4.78 is 21.3. The summed E-state index contributed by atoms with van der Waals surface area (Å²) in [5.41, 5.74) is 1.53. The molecule has 5 N–H and O–H groups in total. The van der Waals surface area contributed by atoms with Gasteiger partial charge in [0.1, 0.15) is 0 Å². The lowest BCUT2D eigenvalue weighted by Crippen LogP contribution is -2.11. The van der Waals surface area contributed by atoms with E-state index in [1.54, 1.807) is 13.8 Å². The molecule has 0 aliphatic heterocycles. The molecule has 11 heteroatoms. The Labute approximate surface area is 89.5 Å². The lowest BCUT2D eigenvalue weighted by atomic mass is 10.3. The quantitative estimate of drug-likeness (QED) is 0.210. The van der Waals surface area contributed by atoms with Crippen molar-refractivity contribution in [3.8, 4) is 0 Å². The fraction of sp³-hybridized carbons (Fsp3) is 0.600. The Hall–Kier alpha value is -1.30. The van der Waals surface area contributed by atoms with Crippen molar-refractivity contribution in [3.63, 3.8) is 0 Å². The summed E-state index contributed by atoms with van der Waals surface area (Å²) >= 11 is 0. The fourth-order valence-corrected chi connectivity index (χ4v) is 0.0330. The van der Waals surface area contributed by atoms with Crippen LogP contribution in [0.15, 0.2) is 0 Å². The highest BCUT2D eigenvalue weighted by atomic mass is 19.3. The molecule has 0 amide bonds. The monoisotopic (exact) mass is 247 g/mol. The molecule has 0 saturated carbocycles. The predicted molar refractivity (Wildman–Crippen MR) is 46.6 cm³/mol. The van der Waals surface area contributed by atoms with Crippen molar-refractivity contribution in [1.82, 2.24) is 5.54 Å². The second kappa shape index (κ2) is 13.7.